The Bertz CT molecular complexity index is 1400. The van der Waals surface area contributed by atoms with Crippen molar-refractivity contribution in [3.05, 3.63) is 95.6 Å². The molecule has 1 fully saturated rings. The molecule has 2 amide bonds. The van der Waals surface area contributed by atoms with Crippen molar-refractivity contribution in [3.8, 4) is 0 Å². The molecule has 0 atom stereocenters. The number of carbonyl (C=O) groups is 2. The highest BCUT2D eigenvalue weighted by Gasteiger charge is 2.28. The summed E-state index contributed by atoms with van der Waals surface area (Å²) in [4.78, 5) is 27.1. The van der Waals surface area contributed by atoms with Gasteiger partial charge in [0.25, 0.3) is 5.91 Å². The van der Waals surface area contributed by atoms with E-state index >= 15 is 0 Å². The first kappa shape index (κ1) is 22.9. The summed E-state index contributed by atoms with van der Waals surface area (Å²) in [6.45, 7) is 1.16. The minimum atomic E-state index is -3.21. The van der Waals surface area contributed by atoms with Crippen LogP contribution < -0.4 is 14.5 Å². The van der Waals surface area contributed by atoms with Crippen LogP contribution in [0.3, 0.4) is 0 Å². The molecule has 8 heteroatoms. The van der Waals surface area contributed by atoms with E-state index in [-0.39, 0.29) is 17.6 Å². The highest BCUT2D eigenvalue weighted by atomic mass is 32.2. The van der Waals surface area contributed by atoms with Crippen LogP contribution in [0.25, 0.3) is 6.08 Å². The lowest BCUT2D eigenvalue weighted by Crippen LogP contribution is -2.28. The Kier molecular flexibility index (Phi) is 6.13. The Morgan fingerprint density at radius 2 is 1.63 bits per heavy atom. The fourth-order valence-corrected chi connectivity index (χ4v) is 6.00. The van der Waals surface area contributed by atoms with Gasteiger partial charge in [0.1, 0.15) is 0 Å². The van der Waals surface area contributed by atoms with Gasteiger partial charge in [-0.1, -0.05) is 30.3 Å². The zero-order valence-electron chi connectivity index (χ0n) is 19.1. The highest BCUT2D eigenvalue weighted by molar-refractivity contribution is 7.93. The van der Waals surface area contributed by atoms with Gasteiger partial charge in [-0.2, -0.15) is 0 Å². The van der Waals surface area contributed by atoms with Crippen molar-refractivity contribution < 1.29 is 18.0 Å². The summed E-state index contributed by atoms with van der Waals surface area (Å²) in [5.74, 6) is -0.183. The Morgan fingerprint density at radius 3 is 2.34 bits per heavy atom. The zero-order chi connectivity index (χ0) is 24.4. The van der Waals surface area contributed by atoms with E-state index in [1.165, 1.54) is 15.9 Å². The third-order valence-corrected chi connectivity index (χ3v) is 8.11. The number of sulfonamides is 1. The van der Waals surface area contributed by atoms with Gasteiger partial charge in [0.15, 0.2) is 0 Å². The summed E-state index contributed by atoms with van der Waals surface area (Å²) in [5, 5.41) is 2.79. The molecule has 0 aliphatic carbocycles. The van der Waals surface area contributed by atoms with E-state index in [0.717, 1.165) is 17.7 Å². The molecule has 2 aliphatic rings. The number of nitrogens with one attached hydrogen (secondary N) is 1. The molecule has 0 radical (unpaired) electrons. The number of carbonyl (C=O) groups excluding carboxylic acids is 2. The van der Waals surface area contributed by atoms with Crippen molar-refractivity contribution in [2.75, 3.05) is 33.4 Å². The number of hydrogen-bond donors (Lipinski definition) is 1. The monoisotopic (exact) mass is 487 g/mol. The maximum Gasteiger partial charge on any atom is 0.258 e. The standard InChI is InChI=1S/C27H25N3O4S/c31-26(15-8-20-6-13-24(14-7-20)30-17-3-19-35(30,33)34)28-23-11-9-22(10-12-23)27(32)29-18-16-21-4-1-2-5-25(21)29/h1-2,4-15H,3,16-19H2,(H,28,31)/b15-8+. The Labute approximate surface area is 204 Å². The number of benzene rings is 3. The lowest BCUT2D eigenvalue weighted by molar-refractivity contribution is -0.111. The van der Waals surface area contributed by atoms with Crippen molar-refractivity contribution in [2.24, 2.45) is 0 Å². The van der Waals surface area contributed by atoms with Crippen LogP contribution in [0.4, 0.5) is 17.1 Å². The van der Waals surface area contributed by atoms with Crippen molar-refractivity contribution >= 4 is 45.0 Å². The molecule has 7 nitrogen and oxygen atoms in total. The summed E-state index contributed by atoms with van der Waals surface area (Å²) in [6, 6.07) is 21.8. The predicted molar refractivity (Wildman–Crippen MR) is 138 cm³/mol. The van der Waals surface area contributed by atoms with E-state index in [4.69, 9.17) is 0 Å². The smallest absolute Gasteiger partial charge is 0.258 e. The third kappa shape index (κ3) is 4.83. The number of fused-ring (bicyclic) bond motifs is 1. The van der Waals surface area contributed by atoms with Gasteiger partial charge in [0.05, 0.1) is 11.4 Å². The first-order chi connectivity index (χ1) is 16.9. The molecular formula is C27H25N3O4S. The number of para-hydroxylation sites is 1. The first-order valence-electron chi connectivity index (χ1n) is 11.5. The van der Waals surface area contributed by atoms with Gasteiger partial charge in [-0.3, -0.25) is 13.9 Å². The topological polar surface area (TPSA) is 86.8 Å². The number of hydrogen-bond acceptors (Lipinski definition) is 4. The molecule has 0 spiro atoms. The normalized spacial score (nSPS) is 16.5. The van der Waals surface area contributed by atoms with Crippen molar-refractivity contribution in [3.63, 3.8) is 0 Å². The second-order valence-electron chi connectivity index (χ2n) is 8.57. The summed E-state index contributed by atoms with van der Waals surface area (Å²) in [6.07, 6.45) is 4.57. The Hall–Kier alpha value is -3.91. The van der Waals surface area contributed by atoms with E-state index in [0.29, 0.717) is 36.4 Å². The van der Waals surface area contributed by atoms with E-state index in [2.05, 4.69) is 5.32 Å². The number of anilines is 3. The summed E-state index contributed by atoms with van der Waals surface area (Å²) >= 11 is 0. The van der Waals surface area contributed by atoms with Crippen LogP contribution in [0.2, 0.25) is 0 Å². The van der Waals surface area contributed by atoms with Crippen LogP contribution >= 0.6 is 0 Å². The lowest BCUT2D eigenvalue weighted by Gasteiger charge is -2.17. The van der Waals surface area contributed by atoms with Gasteiger partial charge in [0.2, 0.25) is 15.9 Å². The molecule has 2 aliphatic heterocycles. The summed E-state index contributed by atoms with van der Waals surface area (Å²) in [7, 11) is -3.21. The fourth-order valence-electron chi connectivity index (χ4n) is 4.44. The predicted octanol–water partition coefficient (Wildman–Crippen LogP) is 4.08. The van der Waals surface area contributed by atoms with Crippen LogP contribution in [-0.2, 0) is 21.2 Å². The lowest BCUT2D eigenvalue weighted by atomic mass is 10.1. The first-order valence-corrected chi connectivity index (χ1v) is 13.1. The van der Waals surface area contributed by atoms with Gasteiger partial charge in [-0.25, -0.2) is 8.42 Å². The maximum atomic E-state index is 12.9. The van der Waals surface area contributed by atoms with Crippen LogP contribution in [0, 0.1) is 0 Å². The second kappa shape index (κ2) is 9.38. The average molecular weight is 488 g/mol. The third-order valence-electron chi connectivity index (χ3n) is 6.24. The van der Waals surface area contributed by atoms with Crippen molar-refractivity contribution in [2.45, 2.75) is 12.8 Å². The van der Waals surface area contributed by atoms with E-state index in [1.807, 2.05) is 24.3 Å². The van der Waals surface area contributed by atoms with E-state index < -0.39 is 10.0 Å². The highest BCUT2D eigenvalue weighted by Crippen LogP contribution is 2.29. The molecule has 0 unspecified atom stereocenters. The van der Waals surface area contributed by atoms with Crippen LogP contribution in [0.5, 0.6) is 0 Å². The average Bonchev–Trinajstić information content (AvgIpc) is 3.46. The van der Waals surface area contributed by atoms with Crippen LogP contribution in [0.15, 0.2) is 78.9 Å². The molecule has 178 valence electrons. The minimum absolute atomic E-state index is 0.0575. The molecule has 35 heavy (non-hydrogen) atoms. The SMILES string of the molecule is O=C(/C=C/c1ccc(N2CCCS2(=O)=O)cc1)Nc1ccc(C(=O)N2CCc3ccccc32)cc1. The summed E-state index contributed by atoms with van der Waals surface area (Å²) in [5.41, 5.74) is 4.70. The van der Waals surface area contributed by atoms with Crippen molar-refractivity contribution in [1.29, 1.82) is 0 Å². The van der Waals surface area contributed by atoms with Crippen molar-refractivity contribution in [1.82, 2.24) is 0 Å². The molecule has 0 aromatic heterocycles. The van der Waals surface area contributed by atoms with Gasteiger partial charge in [0, 0.05) is 36.1 Å². The number of amides is 2. The molecule has 2 heterocycles. The molecule has 3 aromatic rings. The molecule has 1 saturated heterocycles. The van der Waals surface area contributed by atoms with Gasteiger partial charge >= 0.3 is 0 Å². The zero-order valence-corrected chi connectivity index (χ0v) is 19.9. The minimum Gasteiger partial charge on any atom is -0.323 e. The van der Waals surface area contributed by atoms with Crippen LogP contribution in [0.1, 0.15) is 27.9 Å². The quantitative estimate of drug-likeness (QED) is 0.550. The Balaban J connectivity index is 1.19. The molecule has 5 rings (SSSR count). The van der Waals surface area contributed by atoms with Gasteiger partial charge in [-0.05, 0) is 72.5 Å². The molecule has 0 bridgehead atoms. The maximum absolute atomic E-state index is 12.9. The fraction of sp³-hybridized carbons (Fsp3) is 0.185. The number of rotatable bonds is 5. The largest absolute Gasteiger partial charge is 0.323 e. The van der Waals surface area contributed by atoms with Crippen LogP contribution in [-0.4, -0.2) is 39.1 Å². The van der Waals surface area contributed by atoms with E-state index in [1.54, 1.807) is 59.5 Å². The second-order valence-corrected chi connectivity index (χ2v) is 10.6. The van der Waals surface area contributed by atoms with E-state index in [9.17, 15) is 18.0 Å². The number of nitrogens with zero attached hydrogens (tertiary/aromatic N) is 2. The Morgan fingerprint density at radius 1 is 0.886 bits per heavy atom. The molecule has 1 N–H and O–H groups in total. The van der Waals surface area contributed by atoms with Gasteiger partial charge in [-0.15, -0.1) is 0 Å². The molecular weight excluding hydrogens is 462 g/mol. The molecule has 0 saturated carbocycles. The molecule has 3 aromatic carbocycles. The van der Waals surface area contributed by atoms with Gasteiger partial charge < -0.3 is 10.2 Å². The summed E-state index contributed by atoms with van der Waals surface area (Å²) < 4.78 is 25.5.